The second-order valence-electron chi connectivity index (χ2n) is 7.73. The summed E-state index contributed by atoms with van der Waals surface area (Å²) in [6, 6.07) is 13.3. The van der Waals surface area contributed by atoms with Crippen LogP contribution in [0, 0.1) is 13.8 Å². The van der Waals surface area contributed by atoms with Gasteiger partial charge in [-0.05, 0) is 75.2 Å². The van der Waals surface area contributed by atoms with Crippen molar-refractivity contribution in [1.29, 1.82) is 0 Å². The monoisotopic (exact) mass is 527 g/mol. The molecule has 0 unspecified atom stereocenters. The lowest BCUT2D eigenvalue weighted by Crippen LogP contribution is -2.33. The first-order valence-corrected chi connectivity index (χ1v) is 12.3. The number of thiophene rings is 1. The van der Waals surface area contributed by atoms with Crippen LogP contribution in [0.15, 0.2) is 53.6 Å². The van der Waals surface area contributed by atoms with E-state index in [0.29, 0.717) is 26.9 Å². The SMILES string of the molecule is CCOC(=O)c1c(NC(=O)c2ccc(O[C@@H](C)C(=O)N/N=C\c3ccc(Cl)cc3)cc2)sc(C)c1C. The summed E-state index contributed by atoms with van der Waals surface area (Å²) in [6.07, 6.45) is 0.675. The third kappa shape index (κ3) is 6.93. The minimum absolute atomic E-state index is 0.243. The highest BCUT2D eigenvalue weighted by atomic mass is 35.5. The summed E-state index contributed by atoms with van der Waals surface area (Å²) in [6.45, 7) is 7.26. The van der Waals surface area contributed by atoms with Crippen molar-refractivity contribution in [2.45, 2.75) is 33.8 Å². The lowest BCUT2D eigenvalue weighted by Gasteiger charge is -2.13. The van der Waals surface area contributed by atoms with Crippen molar-refractivity contribution in [3.63, 3.8) is 0 Å². The van der Waals surface area contributed by atoms with Gasteiger partial charge in [-0.15, -0.1) is 11.3 Å². The van der Waals surface area contributed by atoms with E-state index >= 15 is 0 Å². The molecule has 2 aromatic carbocycles. The van der Waals surface area contributed by atoms with E-state index in [-0.39, 0.29) is 12.5 Å². The van der Waals surface area contributed by atoms with E-state index in [4.69, 9.17) is 21.1 Å². The smallest absolute Gasteiger partial charge is 0.341 e. The molecule has 0 aliphatic carbocycles. The minimum atomic E-state index is -0.823. The average molecular weight is 528 g/mol. The number of rotatable bonds is 9. The maximum atomic E-state index is 12.8. The van der Waals surface area contributed by atoms with Gasteiger partial charge < -0.3 is 14.8 Å². The van der Waals surface area contributed by atoms with Crippen molar-refractivity contribution in [3.8, 4) is 5.75 Å². The summed E-state index contributed by atoms with van der Waals surface area (Å²) < 4.78 is 10.8. The van der Waals surface area contributed by atoms with Gasteiger partial charge in [-0.25, -0.2) is 10.2 Å². The van der Waals surface area contributed by atoms with Gasteiger partial charge in [-0.2, -0.15) is 5.10 Å². The highest BCUT2D eigenvalue weighted by Crippen LogP contribution is 2.33. The number of esters is 1. The van der Waals surface area contributed by atoms with E-state index < -0.39 is 18.0 Å². The molecule has 0 fully saturated rings. The van der Waals surface area contributed by atoms with Gasteiger partial charge in [0.05, 0.1) is 18.4 Å². The molecule has 0 spiro atoms. The van der Waals surface area contributed by atoms with E-state index in [2.05, 4.69) is 15.8 Å². The molecule has 0 saturated carbocycles. The molecule has 0 aliphatic heterocycles. The van der Waals surface area contributed by atoms with E-state index in [1.165, 1.54) is 17.6 Å². The quantitative estimate of drug-likeness (QED) is 0.221. The number of benzene rings is 2. The molecule has 0 saturated heterocycles. The Hall–Kier alpha value is -3.69. The van der Waals surface area contributed by atoms with Crippen LogP contribution in [0.2, 0.25) is 5.02 Å². The number of halogens is 1. The van der Waals surface area contributed by atoms with E-state index in [9.17, 15) is 14.4 Å². The number of amides is 2. The Morgan fingerprint density at radius 3 is 2.39 bits per heavy atom. The summed E-state index contributed by atoms with van der Waals surface area (Å²) in [5.41, 5.74) is 4.72. The van der Waals surface area contributed by atoms with Crippen LogP contribution >= 0.6 is 22.9 Å². The van der Waals surface area contributed by atoms with Gasteiger partial charge in [0.1, 0.15) is 10.8 Å². The van der Waals surface area contributed by atoms with Crippen LogP contribution in [-0.4, -0.2) is 36.7 Å². The summed E-state index contributed by atoms with van der Waals surface area (Å²) in [5.74, 6) is -0.873. The minimum Gasteiger partial charge on any atom is -0.481 e. The lowest BCUT2D eigenvalue weighted by molar-refractivity contribution is -0.127. The summed E-state index contributed by atoms with van der Waals surface area (Å²) in [5, 5.41) is 7.77. The Balaban J connectivity index is 1.58. The molecule has 1 atom stereocenters. The molecular weight excluding hydrogens is 502 g/mol. The summed E-state index contributed by atoms with van der Waals surface area (Å²) in [7, 11) is 0. The normalized spacial score (nSPS) is 11.7. The number of nitrogens with zero attached hydrogens (tertiary/aromatic N) is 1. The van der Waals surface area contributed by atoms with Crippen LogP contribution < -0.4 is 15.5 Å². The molecule has 2 amide bonds. The van der Waals surface area contributed by atoms with Crippen molar-refractivity contribution >= 4 is 51.9 Å². The van der Waals surface area contributed by atoms with Gasteiger partial charge >= 0.3 is 5.97 Å². The first-order chi connectivity index (χ1) is 17.2. The molecule has 0 bridgehead atoms. The molecule has 36 heavy (non-hydrogen) atoms. The number of hydrogen-bond acceptors (Lipinski definition) is 7. The molecule has 1 aromatic heterocycles. The maximum Gasteiger partial charge on any atom is 0.341 e. The molecular formula is C26H26ClN3O5S. The number of hydrazone groups is 1. The van der Waals surface area contributed by atoms with Gasteiger partial charge in [0.15, 0.2) is 6.10 Å². The zero-order valence-electron chi connectivity index (χ0n) is 20.3. The fourth-order valence-electron chi connectivity index (χ4n) is 3.09. The molecule has 0 radical (unpaired) electrons. The molecule has 3 aromatic rings. The number of carbonyl (C=O) groups excluding carboxylic acids is 3. The van der Waals surface area contributed by atoms with E-state index in [0.717, 1.165) is 16.0 Å². The number of anilines is 1. The second kappa shape index (κ2) is 12.3. The Morgan fingerprint density at radius 1 is 1.08 bits per heavy atom. The Kier molecular flexibility index (Phi) is 9.21. The van der Waals surface area contributed by atoms with Crippen molar-refractivity contribution in [2.75, 3.05) is 11.9 Å². The van der Waals surface area contributed by atoms with Crippen molar-refractivity contribution in [3.05, 3.63) is 80.7 Å². The molecule has 0 aliphatic rings. The van der Waals surface area contributed by atoms with E-state index in [1.807, 2.05) is 13.8 Å². The fraction of sp³-hybridized carbons (Fsp3) is 0.231. The van der Waals surface area contributed by atoms with Gasteiger partial charge in [0.2, 0.25) is 0 Å². The van der Waals surface area contributed by atoms with Gasteiger partial charge in [-0.3, -0.25) is 9.59 Å². The Morgan fingerprint density at radius 2 is 1.75 bits per heavy atom. The molecule has 10 heteroatoms. The van der Waals surface area contributed by atoms with Crippen LogP contribution in [0.1, 0.15) is 50.6 Å². The van der Waals surface area contributed by atoms with Crippen molar-refractivity contribution in [2.24, 2.45) is 5.10 Å². The highest BCUT2D eigenvalue weighted by molar-refractivity contribution is 7.16. The molecule has 8 nitrogen and oxygen atoms in total. The molecule has 3 rings (SSSR count). The summed E-state index contributed by atoms with van der Waals surface area (Å²) >= 11 is 7.16. The average Bonchev–Trinajstić information content (AvgIpc) is 3.13. The Labute approximate surface area is 218 Å². The fourth-order valence-corrected chi connectivity index (χ4v) is 4.26. The summed E-state index contributed by atoms with van der Waals surface area (Å²) in [4.78, 5) is 38.3. The zero-order chi connectivity index (χ0) is 26.2. The zero-order valence-corrected chi connectivity index (χ0v) is 21.8. The standard InChI is InChI=1S/C26H26ClN3O5S/c1-5-34-26(33)22-15(2)17(4)36-25(22)29-24(32)19-8-12-21(13-9-19)35-16(3)23(31)30-28-14-18-6-10-20(27)11-7-18/h6-14,16H,5H2,1-4H3,(H,29,32)(H,30,31)/b28-14-/t16-/m0/s1. The Bertz CT molecular complexity index is 1270. The van der Waals surface area contributed by atoms with Crippen LogP contribution in [0.25, 0.3) is 0 Å². The second-order valence-corrected chi connectivity index (χ2v) is 9.39. The van der Waals surface area contributed by atoms with Gasteiger partial charge in [0, 0.05) is 15.5 Å². The van der Waals surface area contributed by atoms with E-state index in [1.54, 1.807) is 62.4 Å². The number of nitrogens with one attached hydrogen (secondary N) is 2. The first-order valence-electron chi connectivity index (χ1n) is 11.1. The van der Waals surface area contributed by atoms with Crippen LogP contribution in [0.3, 0.4) is 0 Å². The van der Waals surface area contributed by atoms with Crippen molar-refractivity contribution in [1.82, 2.24) is 5.43 Å². The van der Waals surface area contributed by atoms with Crippen molar-refractivity contribution < 1.29 is 23.9 Å². The highest BCUT2D eigenvalue weighted by Gasteiger charge is 2.22. The predicted molar refractivity (Wildman–Crippen MR) is 141 cm³/mol. The predicted octanol–water partition coefficient (Wildman–Crippen LogP) is 5.36. The largest absolute Gasteiger partial charge is 0.481 e. The molecule has 2 N–H and O–H groups in total. The third-order valence-electron chi connectivity index (χ3n) is 5.15. The topological polar surface area (TPSA) is 106 Å². The van der Waals surface area contributed by atoms with Gasteiger partial charge in [-0.1, -0.05) is 23.7 Å². The number of hydrogen-bond donors (Lipinski definition) is 2. The van der Waals surface area contributed by atoms with Crippen LogP contribution in [0.5, 0.6) is 5.75 Å². The maximum absolute atomic E-state index is 12.8. The van der Waals surface area contributed by atoms with Gasteiger partial charge in [0.25, 0.3) is 11.8 Å². The lowest BCUT2D eigenvalue weighted by atomic mass is 10.1. The number of ether oxygens (including phenoxy) is 2. The molecule has 188 valence electrons. The van der Waals surface area contributed by atoms with Crippen LogP contribution in [-0.2, 0) is 9.53 Å². The number of aryl methyl sites for hydroxylation is 1. The number of carbonyl (C=O) groups is 3. The van der Waals surface area contributed by atoms with Crippen LogP contribution in [0.4, 0.5) is 5.00 Å². The third-order valence-corrected chi connectivity index (χ3v) is 6.52. The molecule has 1 heterocycles. The first kappa shape index (κ1) is 26.9.